The molecule has 4 spiro atoms. The van der Waals surface area contributed by atoms with E-state index in [9.17, 15) is 128 Å². The highest BCUT2D eigenvalue weighted by molar-refractivity contribution is 6.08. The molecule has 119 heavy (non-hydrogen) atoms. The summed E-state index contributed by atoms with van der Waals surface area (Å²) in [5.74, 6) is -1.90. The van der Waals surface area contributed by atoms with Gasteiger partial charge in [-0.3, -0.25) is 67.5 Å². The van der Waals surface area contributed by atoms with Crippen LogP contribution in [-0.4, -0.2) is 409 Å². The summed E-state index contributed by atoms with van der Waals surface area (Å²) in [4.78, 5) is 156. The van der Waals surface area contributed by atoms with Gasteiger partial charge in [-0.05, 0) is 130 Å². The zero-order valence-corrected chi connectivity index (χ0v) is 69.7. The number of carbonyl (C=O) groups excluding carboxylic acids is 12. The molecule has 41 heteroatoms. The van der Waals surface area contributed by atoms with Gasteiger partial charge in [-0.15, -0.1) is 0 Å². The smallest absolute Gasteiger partial charge is 0.410 e. The van der Waals surface area contributed by atoms with E-state index < -0.39 is 156 Å². The average Bonchev–Trinajstić information content (AvgIpc) is 1.66. The van der Waals surface area contributed by atoms with E-state index in [0.717, 1.165) is 48.8 Å². The van der Waals surface area contributed by atoms with Crippen molar-refractivity contribution in [2.75, 3.05) is 99.3 Å². The molecule has 0 aromatic heterocycles. The maximum atomic E-state index is 13.0. The Morgan fingerprint density at radius 1 is 0.361 bits per heavy atom. The molecule has 8 heterocycles. The van der Waals surface area contributed by atoms with Gasteiger partial charge in [-0.25, -0.2) is 18.4 Å². The monoisotopic (exact) mass is 1710 g/mol. The fourth-order valence-corrected chi connectivity index (χ4v) is 18.2. The number of piperidine rings is 4. The number of rotatable bonds is 10. The number of hydrogen-bond acceptors (Lipinski definition) is 33. The van der Waals surface area contributed by atoms with E-state index >= 15 is 0 Å². The molecule has 0 radical (unpaired) electrons. The van der Waals surface area contributed by atoms with Gasteiger partial charge in [-0.2, -0.15) is 0 Å². The lowest BCUT2D eigenvalue weighted by Crippen LogP contribution is -2.65. The fraction of sp³-hybridized carbons (Fsp3) is 0.846. The molecule has 12 rings (SSSR count). The van der Waals surface area contributed by atoms with E-state index in [1.807, 2.05) is 21.0 Å². The highest BCUT2D eigenvalue weighted by Gasteiger charge is 2.59. The Balaban J connectivity index is 0.000000202. The molecule has 39 nitrogen and oxygen atoms in total. The highest BCUT2D eigenvalue weighted by Crippen LogP contribution is 2.47. The first-order valence-corrected chi connectivity index (χ1v) is 40.9. The minimum Gasteiger partial charge on any atom is -0.462 e. The molecule has 0 bridgehead atoms. The molecule has 4 aliphatic carbocycles. The number of esters is 2. The van der Waals surface area contributed by atoms with Crippen LogP contribution in [0.25, 0.3) is 0 Å². The van der Waals surface area contributed by atoms with Crippen LogP contribution in [0.5, 0.6) is 0 Å². The Hall–Kier alpha value is -6.78. The second kappa shape index (κ2) is 41.1. The zero-order chi connectivity index (χ0) is 89.5. The molecule has 4 saturated carbocycles. The number of halogens is 2. The van der Waals surface area contributed by atoms with Gasteiger partial charge < -0.3 is 115 Å². The molecule has 0 aromatic carbocycles. The van der Waals surface area contributed by atoms with Crippen molar-refractivity contribution in [2.24, 2.45) is 51.2 Å². The van der Waals surface area contributed by atoms with Crippen molar-refractivity contribution >= 4 is 71.4 Å². The van der Waals surface area contributed by atoms with Gasteiger partial charge in [0.25, 0.3) is 0 Å². The van der Waals surface area contributed by atoms with Gasteiger partial charge in [0.15, 0.2) is 12.2 Å². The minimum atomic E-state index is -1.79. The first-order valence-electron chi connectivity index (χ1n) is 40.9. The molecular weight excluding hydrogens is 1580 g/mol. The minimum absolute atomic E-state index is 0.0269. The largest absolute Gasteiger partial charge is 0.462 e. The topological polar surface area (TPSA) is 571 Å². The van der Waals surface area contributed by atoms with Crippen molar-refractivity contribution < 1.29 is 162 Å². The number of aliphatic hydroxyl groups is 15. The molecule has 12 aliphatic rings. The third kappa shape index (κ3) is 21.5. The number of ether oxygens (including phenoxy) is 4. The summed E-state index contributed by atoms with van der Waals surface area (Å²) in [6.07, 6.45) is -26.3. The summed E-state index contributed by atoms with van der Waals surface area (Å²) < 4.78 is 46.2. The van der Waals surface area contributed by atoms with Crippen molar-refractivity contribution in [3.05, 3.63) is 0 Å². The fourth-order valence-electron chi connectivity index (χ4n) is 18.2. The van der Waals surface area contributed by atoms with Crippen LogP contribution in [0.4, 0.5) is 18.4 Å². The van der Waals surface area contributed by atoms with E-state index in [-0.39, 0.29) is 180 Å². The molecule has 12 fully saturated rings. The van der Waals surface area contributed by atoms with E-state index in [4.69, 9.17) is 34.3 Å². The third-order valence-electron chi connectivity index (χ3n) is 26.6. The first kappa shape index (κ1) is 99.3. The molecule has 17 unspecified atom stereocenters. The van der Waals surface area contributed by atoms with Gasteiger partial charge in [0, 0.05) is 90.6 Å². The summed E-state index contributed by atoms with van der Waals surface area (Å²) in [6, 6.07) is 0. The van der Waals surface area contributed by atoms with Crippen LogP contribution in [0.15, 0.2) is 0 Å². The van der Waals surface area contributed by atoms with Crippen molar-refractivity contribution in [3.8, 4) is 0 Å². The molecular formula is C78H126F2N8O31. The summed E-state index contributed by atoms with van der Waals surface area (Å²) in [7, 11) is 4.02. The molecule has 8 saturated heterocycles. The van der Waals surface area contributed by atoms with Crippen LogP contribution in [0.3, 0.4) is 0 Å². The summed E-state index contributed by atoms with van der Waals surface area (Å²) in [6.45, 7) is 21.1. The quantitative estimate of drug-likeness (QED) is 0.0556. The standard InChI is InChI=1S/2C17H26N2O9.C14H24O4.C12H19FN2O2.C11H17FN2O2.C7H14O5/c2*1-2-19-8(20)7-17(15(19)26)3-5-18(6-4-17)16(27)28-14-12(24)10(22)9(21)11(23)13(14)25;1-7-8(2)13(17-11(5)15)10(4)14(9(7)3)18-12(6)16;1-9(13)8-15-10(16)7-12(11(15)17)3-5-14(2)6-4-12;1-13-5-2-11(3-6-13)8-9(15)14(7-4-12)10(11)16;1-2-3(8)5(10)7(12)6(11)4(2)9/h2*9-14,21-25H,2-7H2,1H3;7-10,13-14H,1-6H3;9H,3-8H2,1-2H3;2-8H2,1H3;2-12H,1H3. The second-order valence-corrected chi connectivity index (χ2v) is 34.4. The summed E-state index contributed by atoms with van der Waals surface area (Å²) >= 11 is 0. The van der Waals surface area contributed by atoms with Gasteiger partial charge in [0.2, 0.25) is 47.3 Å². The zero-order valence-electron chi connectivity index (χ0n) is 69.7. The Morgan fingerprint density at radius 3 is 0.882 bits per heavy atom. The first-order chi connectivity index (χ1) is 55.5. The Labute approximate surface area is 689 Å². The number of hydrogen-bond donors (Lipinski definition) is 15. The van der Waals surface area contributed by atoms with Crippen LogP contribution < -0.4 is 0 Å². The predicted octanol–water partition coefficient (Wildman–Crippen LogP) is -4.57. The molecule has 17 atom stereocenters. The van der Waals surface area contributed by atoms with Crippen molar-refractivity contribution in [2.45, 2.75) is 268 Å². The average molecular weight is 1710 g/mol. The van der Waals surface area contributed by atoms with Gasteiger partial charge in [0.1, 0.15) is 104 Å². The normalized spacial score (nSPS) is 36.9. The van der Waals surface area contributed by atoms with Gasteiger partial charge in [-0.1, -0.05) is 34.6 Å². The van der Waals surface area contributed by atoms with Crippen molar-refractivity contribution in [1.29, 1.82) is 0 Å². The SMILES string of the molecule is CC(=O)OC1C(C)C(C)C(C)C(OC(C)=O)C1C.CC(F)CN1C(=O)CC2(CCN(C)CC2)C1=O.CC1C(O)C(O)C(O)C(O)C1O.CCN1C(=O)CC2(CCN(C(=O)OC3C(O)C(O)C(O)C(O)C3O)CC2)C1=O.CCN1C(=O)CC2(CCN(C(=O)OC3C(O)C(O)C(O)C(O)C3O)CC2)C1=O.CN1CCC2(CC1)CC(=O)N(CCF)C2=O. The Kier molecular flexibility index (Phi) is 34.3. The second-order valence-electron chi connectivity index (χ2n) is 34.4. The third-order valence-corrected chi connectivity index (χ3v) is 26.6. The molecule has 10 amide bonds. The van der Waals surface area contributed by atoms with E-state index in [0.29, 0.717) is 31.8 Å². The van der Waals surface area contributed by atoms with Crippen LogP contribution in [0.1, 0.15) is 146 Å². The van der Waals surface area contributed by atoms with E-state index in [2.05, 4.69) is 30.6 Å². The Morgan fingerprint density at radius 2 is 0.613 bits per heavy atom. The van der Waals surface area contributed by atoms with Gasteiger partial charge >= 0.3 is 24.1 Å². The van der Waals surface area contributed by atoms with Crippen molar-refractivity contribution in [3.63, 3.8) is 0 Å². The number of likely N-dealkylation sites (tertiary alicyclic amines) is 8. The molecule has 8 aliphatic heterocycles. The van der Waals surface area contributed by atoms with Crippen molar-refractivity contribution in [1.82, 2.24) is 39.2 Å². The summed E-state index contributed by atoms with van der Waals surface area (Å²) in [5, 5.41) is 144. The van der Waals surface area contributed by atoms with Crippen LogP contribution in [0.2, 0.25) is 0 Å². The highest BCUT2D eigenvalue weighted by atomic mass is 19.1. The number of amides is 10. The Bertz CT molecular complexity index is 3330. The summed E-state index contributed by atoms with van der Waals surface area (Å²) in [5.41, 5.74) is -2.67. The number of carbonyl (C=O) groups is 12. The molecule has 0 aromatic rings. The number of nitrogens with zero attached hydrogens (tertiary/aromatic N) is 8. The van der Waals surface area contributed by atoms with Crippen LogP contribution >= 0.6 is 0 Å². The molecule has 15 N–H and O–H groups in total. The van der Waals surface area contributed by atoms with Gasteiger partial charge in [0.05, 0.1) is 47.0 Å². The predicted molar refractivity (Wildman–Crippen MR) is 406 cm³/mol. The lowest BCUT2D eigenvalue weighted by molar-refractivity contribution is -0.224. The van der Waals surface area contributed by atoms with Crippen LogP contribution in [-0.2, 0) is 66.9 Å². The molecule has 678 valence electrons. The van der Waals surface area contributed by atoms with E-state index in [1.165, 1.54) is 47.3 Å². The lowest BCUT2D eigenvalue weighted by atomic mass is 9.66. The number of aliphatic hydroxyl groups excluding tert-OH is 15. The maximum absolute atomic E-state index is 13.0. The lowest BCUT2D eigenvalue weighted by Gasteiger charge is -2.46. The maximum Gasteiger partial charge on any atom is 0.410 e. The van der Waals surface area contributed by atoms with Crippen LogP contribution in [0, 0.1) is 51.2 Å². The van der Waals surface area contributed by atoms with E-state index in [1.54, 1.807) is 13.8 Å². The number of alkyl halides is 2. The number of imide groups is 4.